The van der Waals surface area contributed by atoms with Crippen LogP contribution in [0, 0.1) is 5.92 Å². The van der Waals surface area contributed by atoms with Crippen molar-refractivity contribution in [3.05, 3.63) is 22.4 Å². The summed E-state index contributed by atoms with van der Waals surface area (Å²) in [6, 6.07) is 3.66. The summed E-state index contributed by atoms with van der Waals surface area (Å²) in [6.45, 7) is 0. The molecule has 0 aromatic carbocycles. The van der Waals surface area contributed by atoms with Crippen LogP contribution in [0.4, 0.5) is 5.13 Å². The molecule has 1 amide bonds. The number of aromatic nitrogens is 1. The largest absolute Gasteiger partial charge is 0.477 e. The van der Waals surface area contributed by atoms with Crippen molar-refractivity contribution < 1.29 is 14.7 Å². The molecule has 2 aromatic heterocycles. The molecule has 5 nitrogen and oxygen atoms in total. The van der Waals surface area contributed by atoms with Gasteiger partial charge in [-0.1, -0.05) is 17.4 Å². The number of amides is 1. The maximum Gasteiger partial charge on any atom is 0.348 e. The van der Waals surface area contributed by atoms with Gasteiger partial charge in [0.2, 0.25) is 5.91 Å². The predicted molar refractivity (Wildman–Crippen MR) is 73.7 cm³/mol. The lowest BCUT2D eigenvalue weighted by atomic mass is 10.3. The topological polar surface area (TPSA) is 79.3 Å². The van der Waals surface area contributed by atoms with E-state index >= 15 is 0 Å². The fourth-order valence-electron chi connectivity index (χ4n) is 1.65. The average molecular weight is 294 g/mol. The number of carboxylic acid groups (broad SMARTS) is 1. The maximum absolute atomic E-state index is 11.7. The molecule has 3 rings (SSSR count). The molecule has 0 aliphatic heterocycles. The number of nitrogens with zero attached hydrogens (tertiary/aromatic N) is 1. The highest BCUT2D eigenvalue weighted by atomic mass is 32.1. The number of aromatic carboxylic acids is 1. The van der Waals surface area contributed by atoms with Crippen molar-refractivity contribution in [3.8, 4) is 10.6 Å². The van der Waals surface area contributed by atoms with Gasteiger partial charge in [0.05, 0.1) is 4.88 Å². The van der Waals surface area contributed by atoms with Gasteiger partial charge >= 0.3 is 5.97 Å². The molecule has 1 fully saturated rings. The van der Waals surface area contributed by atoms with Crippen LogP contribution < -0.4 is 5.32 Å². The molecule has 1 aliphatic rings. The number of thiazole rings is 1. The van der Waals surface area contributed by atoms with Crippen LogP contribution in [0.25, 0.3) is 10.6 Å². The zero-order valence-electron chi connectivity index (χ0n) is 9.75. The SMILES string of the molecule is O=C(O)c1sc(NC(=O)C2CC2)nc1-c1cccs1. The van der Waals surface area contributed by atoms with Gasteiger partial charge in [0, 0.05) is 5.92 Å². The highest BCUT2D eigenvalue weighted by Gasteiger charge is 2.30. The molecule has 19 heavy (non-hydrogen) atoms. The van der Waals surface area contributed by atoms with Crippen LogP contribution in [0.5, 0.6) is 0 Å². The van der Waals surface area contributed by atoms with Crippen molar-refractivity contribution in [1.82, 2.24) is 4.98 Å². The first-order valence-electron chi connectivity index (χ1n) is 5.74. The Morgan fingerprint density at radius 1 is 1.42 bits per heavy atom. The molecule has 0 atom stereocenters. The summed E-state index contributed by atoms with van der Waals surface area (Å²) in [7, 11) is 0. The molecule has 0 spiro atoms. The molecule has 0 saturated heterocycles. The lowest BCUT2D eigenvalue weighted by Gasteiger charge is -1.97. The quantitative estimate of drug-likeness (QED) is 0.908. The van der Waals surface area contributed by atoms with Crippen molar-refractivity contribution in [2.24, 2.45) is 5.92 Å². The molecule has 1 saturated carbocycles. The highest BCUT2D eigenvalue weighted by molar-refractivity contribution is 7.19. The minimum Gasteiger partial charge on any atom is -0.477 e. The monoisotopic (exact) mass is 294 g/mol. The summed E-state index contributed by atoms with van der Waals surface area (Å²) in [5.74, 6) is -1.02. The second-order valence-electron chi connectivity index (χ2n) is 4.24. The molecule has 7 heteroatoms. The number of rotatable bonds is 4. The van der Waals surface area contributed by atoms with Gasteiger partial charge in [-0.25, -0.2) is 9.78 Å². The normalized spacial score (nSPS) is 14.3. The number of thiophene rings is 1. The standard InChI is InChI=1S/C12H10N2O3S2/c15-10(6-3-4-6)14-12-13-8(7-2-1-5-18-7)9(19-12)11(16)17/h1-2,5-6H,3-4H2,(H,16,17)(H,13,14,15). The molecular weight excluding hydrogens is 284 g/mol. The van der Waals surface area contributed by atoms with Crippen molar-refractivity contribution >= 4 is 39.7 Å². The number of hydrogen-bond acceptors (Lipinski definition) is 5. The van der Waals surface area contributed by atoms with Gasteiger partial charge in [-0.3, -0.25) is 4.79 Å². The molecular formula is C12H10N2O3S2. The van der Waals surface area contributed by atoms with E-state index in [0.717, 1.165) is 29.1 Å². The van der Waals surface area contributed by atoms with Crippen LogP contribution in [0.2, 0.25) is 0 Å². The van der Waals surface area contributed by atoms with Crippen LogP contribution in [0.3, 0.4) is 0 Å². The van der Waals surface area contributed by atoms with Gasteiger partial charge in [0.15, 0.2) is 5.13 Å². The summed E-state index contributed by atoms with van der Waals surface area (Å²) in [5.41, 5.74) is 0.429. The van der Waals surface area contributed by atoms with Crippen LogP contribution >= 0.6 is 22.7 Å². The number of hydrogen-bond donors (Lipinski definition) is 2. The van der Waals surface area contributed by atoms with Gasteiger partial charge in [0.25, 0.3) is 0 Å². The minimum absolute atomic E-state index is 0.0663. The number of nitrogens with one attached hydrogen (secondary N) is 1. The molecule has 2 heterocycles. The fourth-order valence-corrected chi connectivity index (χ4v) is 3.26. The Labute approximate surface area is 116 Å². The first-order chi connectivity index (χ1) is 9.15. The average Bonchev–Trinajstić information content (AvgIpc) is 2.92. The molecule has 2 aromatic rings. The molecule has 1 aliphatic carbocycles. The zero-order valence-corrected chi connectivity index (χ0v) is 11.4. The third-order valence-electron chi connectivity index (χ3n) is 2.75. The minimum atomic E-state index is -1.02. The summed E-state index contributed by atoms with van der Waals surface area (Å²) in [5, 5.41) is 14.1. The van der Waals surface area contributed by atoms with E-state index in [1.165, 1.54) is 11.3 Å². The number of anilines is 1. The number of carbonyl (C=O) groups excluding carboxylic acids is 1. The van der Waals surface area contributed by atoms with Crippen molar-refractivity contribution in [3.63, 3.8) is 0 Å². The third-order valence-corrected chi connectivity index (χ3v) is 4.59. The molecule has 0 unspecified atom stereocenters. The van der Waals surface area contributed by atoms with Gasteiger partial charge in [-0.15, -0.1) is 11.3 Å². The third kappa shape index (κ3) is 2.52. The van der Waals surface area contributed by atoms with E-state index < -0.39 is 5.97 Å². The van der Waals surface area contributed by atoms with E-state index in [4.69, 9.17) is 0 Å². The first-order valence-corrected chi connectivity index (χ1v) is 7.43. The Bertz CT molecular complexity index is 629. The summed E-state index contributed by atoms with van der Waals surface area (Å²) >= 11 is 2.43. The molecule has 98 valence electrons. The highest BCUT2D eigenvalue weighted by Crippen LogP contribution is 2.35. The van der Waals surface area contributed by atoms with E-state index in [0.29, 0.717) is 10.8 Å². The first kappa shape index (κ1) is 12.3. The predicted octanol–water partition coefficient (Wildman–Crippen LogP) is 2.92. The lowest BCUT2D eigenvalue weighted by molar-refractivity contribution is -0.117. The Morgan fingerprint density at radius 2 is 2.21 bits per heavy atom. The zero-order chi connectivity index (χ0) is 13.4. The van der Waals surface area contributed by atoms with E-state index in [1.54, 1.807) is 0 Å². The fraction of sp³-hybridized carbons (Fsp3) is 0.250. The van der Waals surface area contributed by atoms with Gasteiger partial charge in [-0.2, -0.15) is 0 Å². The summed E-state index contributed by atoms with van der Waals surface area (Å²) in [4.78, 5) is 28.1. The van der Waals surface area contributed by atoms with E-state index in [9.17, 15) is 14.7 Å². The lowest BCUT2D eigenvalue weighted by Crippen LogP contribution is -2.12. The van der Waals surface area contributed by atoms with Crippen LogP contribution in [-0.4, -0.2) is 22.0 Å². The van der Waals surface area contributed by atoms with Crippen molar-refractivity contribution in [1.29, 1.82) is 0 Å². The van der Waals surface area contributed by atoms with E-state index in [1.807, 2.05) is 17.5 Å². The molecule has 0 bridgehead atoms. The van der Waals surface area contributed by atoms with Crippen LogP contribution in [0.15, 0.2) is 17.5 Å². The second kappa shape index (κ2) is 4.75. The van der Waals surface area contributed by atoms with Gasteiger partial charge < -0.3 is 10.4 Å². The Hall–Kier alpha value is -1.73. The van der Waals surface area contributed by atoms with Crippen LogP contribution in [-0.2, 0) is 4.79 Å². The smallest absolute Gasteiger partial charge is 0.348 e. The van der Waals surface area contributed by atoms with E-state index in [-0.39, 0.29) is 16.7 Å². The Morgan fingerprint density at radius 3 is 2.79 bits per heavy atom. The number of carbonyl (C=O) groups is 2. The maximum atomic E-state index is 11.7. The summed E-state index contributed by atoms with van der Waals surface area (Å²) < 4.78 is 0. The molecule has 2 N–H and O–H groups in total. The van der Waals surface area contributed by atoms with Crippen molar-refractivity contribution in [2.45, 2.75) is 12.8 Å². The second-order valence-corrected chi connectivity index (χ2v) is 6.19. The van der Waals surface area contributed by atoms with Gasteiger partial charge in [0.1, 0.15) is 10.6 Å². The Balaban J connectivity index is 1.92. The van der Waals surface area contributed by atoms with Gasteiger partial charge in [-0.05, 0) is 24.3 Å². The molecule has 0 radical (unpaired) electrons. The van der Waals surface area contributed by atoms with Crippen LogP contribution in [0.1, 0.15) is 22.5 Å². The summed E-state index contributed by atoms with van der Waals surface area (Å²) in [6.07, 6.45) is 1.81. The number of carboxylic acids is 1. The van der Waals surface area contributed by atoms with E-state index in [2.05, 4.69) is 10.3 Å². The Kier molecular flexibility index (Phi) is 3.08. The van der Waals surface area contributed by atoms with Crippen molar-refractivity contribution in [2.75, 3.05) is 5.32 Å².